The summed E-state index contributed by atoms with van der Waals surface area (Å²) < 4.78 is 5.94. The number of ether oxygens (including phenoxy) is 1. The lowest BCUT2D eigenvalue weighted by Gasteiger charge is -2.34. The van der Waals surface area contributed by atoms with Crippen molar-refractivity contribution in [3.63, 3.8) is 0 Å². The second-order valence-corrected chi connectivity index (χ2v) is 6.59. The Labute approximate surface area is 129 Å². The molecule has 1 unspecified atom stereocenters. The maximum absolute atomic E-state index is 12.2. The average molecular weight is 340 g/mol. The number of hydrogen-bond acceptors (Lipinski definition) is 2. The molecule has 1 heterocycles. The van der Waals surface area contributed by atoms with Crippen LogP contribution in [0.15, 0.2) is 30.3 Å². The lowest BCUT2D eigenvalue weighted by molar-refractivity contribution is -0.132. The van der Waals surface area contributed by atoms with E-state index < -0.39 is 0 Å². The van der Waals surface area contributed by atoms with Gasteiger partial charge in [-0.3, -0.25) is 4.79 Å². The molecule has 1 atom stereocenters. The van der Waals surface area contributed by atoms with E-state index in [-0.39, 0.29) is 16.8 Å². The van der Waals surface area contributed by atoms with Gasteiger partial charge in [-0.2, -0.15) is 0 Å². The van der Waals surface area contributed by atoms with Crippen molar-refractivity contribution in [2.24, 2.45) is 5.92 Å². The van der Waals surface area contributed by atoms with Crippen molar-refractivity contribution in [2.75, 3.05) is 13.1 Å². The number of rotatable bonds is 4. The normalized spacial score (nSPS) is 18.1. The fraction of sp³-hybridized carbons (Fsp3) is 0.562. The van der Waals surface area contributed by atoms with Crippen LogP contribution in [0.2, 0.25) is 0 Å². The van der Waals surface area contributed by atoms with Crippen LogP contribution in [-0.2, 0) is 4.79 Å². The van der Waals surface area contributed by atoms with Gasteiger partial charge in [-0.1, -0.05) is 48.0 Å². The third-order valence-corrected chi connectivity index (χ3v) is 5.07. The van der Waals surface area contributed by atoms with Crippen LogP contribution in [0.25, 0.3) is 0 Å². The smallest absolute Gasteiger partial charge is 0.236 e. The van der Waals surface area contributed by atoms with Gasteiger partial charge < -0.3 is 9.64 Å². The molecule has 0 saturated carbocycles. The number of hydrogen-bond donors (Lipinski definition) is 0. The second-order valence-electron chi connectivity index (χ2n) is 5.60. The zero-order valence-electron chi connectivity index (χ0n) is 12.1. The van der Waals surface area contributed by atoms with Crippen molar-refractivity contribution in [1.29, 1.82) is 0 Å². The first-order valence-corrected chi connectivity index (χ1v) is 8.14. The van der Waals surface area contributed by atoms with E-state index in [0.717, 1.165) is 31.7 Å². The molecule has 2 rings (SSSR count). The van der Waals surface area contributed by atoms with Gasteiger partial charge in [-0.05, 0) is 18.1 Å². The highest BCUT2D eigenvalue weighted by Crippen LogP contribution is 2.21. The van der Waals surface area contributed by atoms with E-state index in [9.17, 15) is 4.79 Å². The van der Waals surface area contributed by atoms with Crippen molar-refractivity contribution in [3.05, 3.63) is 30.3 Å². The van der Waals surface area contributed by atoms with E-state index in [1.54, 1.807) is 0 Å². The molecule has 1 aliphatic heterocycles. The Hall–Kier alpha value is -1.03. The number of amides is 1. The SMILES string of the molecule is CC(C)C(Br)C(=O)N1CCC(Oc2ccccc2)CC1. The summed E-state index contributed by atoms with van der Waals surface area (Å²) in [6, 6.07) is 9.89. The number of para-hydroxylation sites is 1. The van der Waals surface area contributed by atoms with E-state index in [0.29, 0.717) is 5.92 Å². The zero-order chi connectivity index (χ0) is 14.5. The van der Waals surface area contributed by atoms with Crippen LogP contribution in [-0.4, -0.2) is 34.8 Å². The van der Waals surface area contributed by atoms with Crippen LogP contribution in [0.3, 0.4) is 0 Å². The van der Waals surface area contributed by atoms with E-state index in [1.807, 2.05) is 35.2 Å². The minimum Gasteiger partial charge on any atom is -0.490 e. The maximum Gasteiger partial charge on any atom is 0.236 e. The molecule has 1 fully saturated rings. The molecule has 0 aliphatic carbocycles. The predicted molar refractivity (Wildman–Crippen MR) is 84.2 cm³/mol. The van der Waals surface area contributed by atoms with E-state index in [2.05, 4.69) is 29.8 Å². The number of likely N-dealkylation sites (tertiary alicyclic amines) is 1. The fourth-order valence-electron chi connectivity index (χ4n) is 2.35. The third kappa shape index (κ3) is 3.98. The van der Waals surface area contributed by atoms with Crippen LogP contribution in [0, 0.1) is 5.92 Å². The Morgan fingerprint density at radius 3 is 2.40 bits per heavy atom. The van der Waals surface area contributed by atoms with Crippen LogP contribution in [0.5, 0.6) is 5.75 Å². The predicted octanol–water partition coefficient (Wildman–Crippen LogP) is 3.48. The van der Waals surface area contributed by atoms with Gasteiger partial charge in [0.2, 0.25) is 5.91 Å². The Morgan fingerprint density at radius 1 is 1.25 bits per heavy atom. The van der Waals surface area contributed by atoms with Gasteiger partial charge >= 0.3 is 0 Å². The monoisotopic (exact) mass is 339 g/mol. The highest BCUT2D eigenvalue weighted by atomic mass is 79.9. The quantitative estimate of drug-likeness (QED) is 0.786. The Balaban J connectivity index is 1.82. The molecule has 0 aromatic heterocycles. The number of carbonyl (C=O) groups is 1. The summed E-state index contributed by atoms with van der Waals surface area (Å²) in [6.07, 6.45) is 2.02. The Bertz CT molecular complexity index is 427. The molecule has 0 spiro atoms. The van der Waals surface area contributed by atoms with Crippen LogP contribution >= 0.6 is 15.9 Å². The summed E-state index contributed by atoms with van der Waals surface area (Å²) >= 11 is 3.49. The molecule has 4 heteroatoms. The fourth-order valence-corrected chi connectivity index (χ4v) is 2.63. The van der Waals surface area contributed by atoms with Gasteiger partial charge in [0, 0.05) is 25.9 Å². The molecule has 1 aromatic rings. The van der Waals surface area contributed by atoms with Crippen molar-refractivity contribution >= 4 is 21.8 Å². The minimum absolute atomic E-state index is 0.0749. The van der Waals surface area contributed by atoms with Gasteiger partial charge in [-0.25, -0.2) is 0 Å². The average Bonchev–Trinajstić information content (AvgIpc) is 2.47. The first-order chi connectivity index (χ1) is 9.58. The van der Waals surface area contributed by atoms with Crippen molar-refractivity contribution in [2.45, 2.75) is 37.6 Å². The Kier molecular flexibility index (Phi) is 5.46. The summed E-state index contributed by atoms with van der Waals surface area (Å²) in [7, 11) is 0. The van der Waals surface area contributed by atoms with Gasteiger partial charge in [0.05, 0.1) is 4.83 Å². The number of piperidine rings is 1. The summed E-state index contributed by atoms with van der Waals surface area (Å²) in [5.74, 6) is 1.44. The molecular formula is C16H22BrNO2. The summed E-state index contributed by atoms with van der Waals surface area (Å²) in [5.41, 5.74) is 0. The van der Waals surface area contributed by atoms with Crippen LogP contribution in [0.1, 0.15) is 26.7 Å². The van der Waals surface area contributed by atoms with Crippen LogP contribution in [0.4, 0.5) is 0 Å². The van der Waals surface area contributed by atoms with Crippen LogP contribution < -0.4 is 4.74 Å². The zero-order valence-corrected chi connectivity index (χ0v) is 13.7. The maximum atomic E-state index is 12.2. The number of benzene rings is 1. The van der Waals surface area contributed by atoms with Crippen molar-refractivity contribution in [1.82, 2.24) is 4.90 Å². The van der Waals surface area contributed by atoms with E-state index >= 15 is 0 Å². The molecular weight excluding hydrogens is 318 g/mol. The summed E-state index contributed by atoms with van der Waals surface area (Å²) in [4.78, 5) is 14.1. The third-order valence-electron chi connectivity index (χ3n) is 3.62. The molecule has 3 nitrogen and oxygen atoms in total. The lowest BCUT2D eigenvalue weighted by Crippen LogP contribution is -2.45. The molecule has 1 aromatic carbocycles. The van der Waals surface area contributed by atoms with Crippen molar-refractivity contribution in [3.8, 4) is 5.75 Å². The number of carbonyl (C=O) groups excluding carboxylic acids is 1. The number of nitrogens with zero attached hydrogens (tertiary/aromatic N) is 1. The van der Waals surface area contributed by atoms with E-state index in [4.69, 9.17) is 4.74 Å². The minimum atomic E-state index is -0.0749. The van der Waals surface area contributed by atoms with E-state index in [1.165, 1.54) is 0 Å². The van der Waals surface area contributed by atoms with Gasteiger partial charge in [-0.15, -0.1) is 0 Å². The lowest BCUT2D eigenvalue weighted by atomic mass is 10.0. The molecule has 1 amide bonds. The highest BCUT2D eigenvalue weighted by molar-refractivity contribution is 9.10. The van der Waals surface area contributed by atoms with Gasteiger partial charge in [0.1, 0.15) is 11.9 Å². The van der Waals surface area contributed by atoms with Gasteiger partial charge in [0.25, 0.3) is 0 Å². The number of halogens is 1. The molecule has 1 saturated heterocycles. The Morgan fingerprint density at radius 2 is 1.85 bits per heavy atom. The number of alkyl halides is 1. The topological polar surface area (TPSA) is 29.5 Å². The molecule has 0 radical (unpaired) electrons. The first kappa shape index (κ1) is 15.4. The molecule has 0 N–H and O–H groups in total. The molecule has 1 aliphatic rings. The summed E-state index contributed by atoms with van der Waals surface area (Å²) in [6.45, 7) is 5.68. The highest BCUT2D eigenvalue weighted by Gasteiger charge is 2.28. The van der Waals surface area contributed by atoms with Crippen molar-refractivity contribution < 1.29 is 9.53 Å². The molecule has 0 bridgehead atoms. The first-order valence-electron chi connectivity index (χ1n) is 7.22. The summed E-state index contributed by atoms with van der Waals surface area (Å²) in [5, 5.41) is 0. The molecule has 20 heavy (non-hydrogen) atoms. The standard InChI is InChI=1S/C16H22BrNO2/c1-12(2)15(17)16(19)18-10-8-14(9-11-18)20-13-6-4-3-5-7-13/h3-7,12,14-15H,8-11H2,1-2H3. The molecule has 110 valence electrons. The largest absolute Gasteiger partial charge is 0.490 e. The second kappa shape index (κ2) is 7.11. The van der Waals surface area contributed by atoms with Gasteiger partial charge in [0.15, 0.2) is 0 Å².